The van der Waals surface area contributed by atoms with Gasteiger partial charge in [0.25, 0.3) is 0 Å². The first-order chi connectivity index (χ1) is 11.5. The average Bonchev–Trinajstić information content (AvgIpc) is 2.61. The largest absolute Gasteiger partial charge is 0.0984 e. The molecular weight excluding hydrogens is 288 g/mol. The van der Waals surface area contributed by atoms with E-state index < -0.39 is 0 Å². The summed E-state index contributed by atoms with van der Waals surface area (Å²) < 4.78 is 0. The van der Waals surface area contributed by atoms with Gasteiger partial charge in [0.15, 0.2) is 0 Å². The zero-order valence-corrected chi connectivity index (χ0v) is 15.2. The Morgan fingerprint density at radius 2 is 1.21 bits per heavy atom. The summed E-state index contributed by atoms with van der Waals surface area (Å²) in [7, 11) is 0. The van der Waals surface area contributed by atoms with Crippen LogP contribution in [-0.4, -0.2) is 0 Å². The summed E-state index contributed by atoms with van der Waals surface area (Å²) in [6.45, 7) is 16.1. The summed E-state index contributed by atoms with van der Waals surface area (Å²) in [6.07, 6.45) is 3.73. The van der Waals surface area contributed by atoms with Gasteiger partial charge in [-0.25, -0.2) is 0 Å². The Balaban J connectivity index is 0.000000174. The quantitative estimate of drug-likeness (QED) is 0.475. The van der Waals surface area contributed by atoms with Crippen LogP contribution in [0.1, 0.15) is 33.4 Å². The molecule has 0 heteroatoms. The maximum Gasteiger partial charge on any atom is -0.0152 e. The second-order valence-corrected chi connectivity index (χ2v) is 6.20. The molecule has 0 saturated carbocycles. The molecule has 122 valence electrons. The molecule has 0 aliphatic heterocycles. The third-order valence-electron chi connectivity index (χ3n) is 4.61. The fourth-order valence-electron chi connectivity index (χ4n) is 2.75. The van der Waals surface area contributed by atoms with Crippen molar-refractivity contribution in [3.63, 3.8) is 0 Å². The number of aryl methyl sites for hydroxylation is 4. The Morgan fingerprint density at radius 1 is 0.667 bits per heavy atom. The molecular formula is C24H26. The van der Waals surface area contributed by atoms with Gasteiger partial charge in [0, 0.05) is 0 Å². The highest BCUT2D eigenvalue weighted by Gasteiger charge is 1.99. The predicted octanol–water partition coefficient (Wildman–Crippen LogP) is 7.05. The number of benzene rings is 3. The molecule has 0 nitrogen and oxygen atoms in total. The zero-order chi connectivity index (χ0) is 17.7. The lowest BCUT2D eigenvalue weighted by Crippen LogP contribution is -1.86. The van der Waals surface area contributed by atoms with Crippen LogP contribution < -0.4 is 0 Å². The molecule has 0 spiro atoms. The summed E-state index contributed by atoms with van der Waals surface area (Å²) in [4.78, 5) is 0. The average molecular weight is 314 g/mol. The molecule has 0 heterocycles. The van der Waals surface area contributed by atoms with Crippen molar-refractivity contribution in [1.82, 2.24) is 0 Å². The van der Waals surface area contributed by atoms with Gasteiger partial charge in [-0.15, -0.1) is 0 Å². The van der Waals surface area contributed by atoms with Crippen LogP contribution in [0.5, 0.6) is 0 Å². The van der Waals surface area contributed by atoms with E-state index in [1.54, 1.807) is 0 Å². The van der Waals surface area contributed by atoms with Crippen LogP contribution in [0.2, 0.25) is 0 Å². The highest BCUT2D eigenvalue weighted by atomic mass is 14.0. The SMILES string of the molecule is C=Cc1cc(C)c(C)cc1C=C.Cc1ccc2ccccc2c1C. The Hall–Kier alpha value is -2.60. The van der Waals surface area contributed by atoms with E-state index in [0.29, 0.717) is 0 Å². The smallest absolute Gasteiger partial charge is 0.0152 e. The Kier molecular flexibility index (Phi) is 5.76. The normalized spacial score (nSPS) is 10.0. The van der Waals surface area contributed by atoms with Gasteiger partial charge in [0.05, 0.1) is 0 Å². The van der Waals surface area contributed by atoms with Crippen LogP contribution in [-0.2, 0) is 0 Å². The first-order valence-corrected chi connectivity index (χ1v) is 8.29. The monoisotopic (exact) mass is 314 g/mol. The lowest BCUT2D eigenvalue weighted by atomic mass is 10.00. The van der Waals surface area contributed by atoms with Crippen molar-refractivity contribution in [3.05, 3.63) is 95.1 Å². The van der Waals surface area contributed by atoms with E-state index in [1.807, 2.05) is 12.2 Å². The number of fused-ring (bicyclic) bond motifs is 1. The Bertz CT molecular complexity index is 849. The summed E-state index contributed by atoms with van der Waals surface area (Å²) in [5.74, 6) is 0. The molecule has 0 atom stereocenters. The fraction of sp³-hybridized carbons (Fsp3) is 0.167. The van der Waals surface area contributed by atoms with Crippen molar-refractivity contribution in [1.29, 1.82) is 0 Å². The molecule has 0 unspecified atom stereocenters. The first-order valence-electron chi connectivity index (χ1n) is 8.29. The molecule has 0 fully saturated rings. The third-order valence-corrected chi connectivity index (χ3v) is 4.61. The minimum atomic E-state index is 1.16. The summed E-state index contributed by atoms with van der Waals surface area (Å²) >= 11 is 0. The van der Waals surface area contributed by atoms with Crippen LogP contribution >= 0.6 is 0 Å². The van der Waals surface area contributed by atoms with Crippen molar-refractivity contribution in [2.45, 2.75) is 27.7 Å². The van der Waals surface area contributed by atoms with Crippen LogP contribution in [0.3, 0.4) is 0 Å². The van der Waals surface area contributed by atoms with Crippen LogP contribution in [0.4, 0.5) is 0 Å². The van der Waals surface area contributed by atoms with Gasteiger partial charge in [-0.2, -0.15) is 0 Å². The second kappa shape index (κ2) is 7.79. The van der Waals surface area contributed by atoms with Crippen molar-refractivity contribution in [2.24, 2.45) is 0 Å². The maximum atomic E-state index is 3.76. The second-order valence-electron chi connectivity index (χ2n) is 6.20. The molecule has 0 amide bonds. The van der Waals surface area contributed by atoms with Gasteiger partial charge in [0.1, 0.15) is 0 Å². The van der Waals surface area contributed by atoms with Crippen molar-refractivity contribution < 1.29 is 0 Å². The molecule has 0 bridgehead atoms. The van der Waals surface area contributed by atoms with Gasteiger partial charge in [-0.3, -0.25) is 0 Å². The molecule has 3 aromatic carbocycles. The summed E-state index contributed by atoms with van der Waals surface area (Å²) in [6, 6.07) is 17.1. The van der Waals surface area contributed by atoms with Gasteiger partial charge in [-0.05, 0) is 71.8 Å². The Morgan fingerprint density at radius 3 is 1.75 bits per heavy atom. The topological polar surface area (TPSA) is 0 Å². The van der Waals surface area contributed by atoms with E-state index in [1.165, 1.54) is 33.0 Å². The zero-order valence-electron chi connectivity index (χ0n) is 15.2. The highest BCUT2D eigenvalue weighted by Crippen LogP contribution is 2.20. The van der Waals surface area contributed by atoms with Crippen LogP contribution in [0.25, 0.3) is 22.9 Å². The minimum Gasteiger partial charge on any atom is -0.0984 e. The Labute approximate surface area is 146 Å². The molecule has 0 saturated heterocycles. The van der Waals surface area contributed by atoms with Crippen molar-refractivity contribution in [2.75, 3.05) is 0 Å². The van der Waals surface area contributed by atoms with Gasteiger partial charge < -0.3 is 0 Å². The fourth-order valence-corrected chi connectivity index (χ4v) is 2.75. The highest BCUT2D eigenvalue weighted by molar-refractivity contribution is 5.86. The molecule has 24 heavy (non-hydrogen) atoms. The molecule has 0 aliphatic rings. The van der Waals surface area contributed by atoms with Crippen molar-refractivity contribution in [3.8, 4) is 0 Å². The maximum absolute atomic E-state index is 3.76. The van der Waals surface area contributed by atoms with Gasteiger partial charge in [-0.1, -0.05) is 73.8 Å². The minimum absolute atomic E-state index is 1.16. The first kappa shape index (κ1) is 17.7. The van der Waals surface area contributed by atoms with E-state index in [0.717, 1.165) is 11.1 Å². The molecule has 3 rings (SSSR count). The number of rotatable bonds is 2. The van der Waals surface area contributed by atoms with Gasteiger partial charge in [0.2, 0.25) is 0 Å². The standard InChI is InChI=1S/C12H12.C12H14/c1-9-7-8-11-5-3-4-6-12(11)10(9)2;1-5-11-7-9(3)10(4)8-12(11)6-2/h3-8H,1-2H3;5-8H,1-2H2,3-4H3. The van der Waals surface area contributed by atoms with E-state index in [9.17, 15) is 0 Å². The summed E-state index contributed by atoms with van der Waals surface area (Å²) in [5, 5.41) is 2.71. The van der Waals surface area contributed by atoms with Gasteiger partial charge >= 0.3 is 0 Å². The van der Waals surface area contributed by atoms with E-state index >= 15 is 0 Å². The van der Waals surface area contributed by atoms with E-state index in [2.05, 4.69) is 89.4 Å². The van der Waals surface area contributed by atoms with Crippen molar-refractivity contribution >= 4 is 22.9 Å². The number of hydrogen-bond donors (Lipinski definition) is 0. The molecule has 3 aromatic rings. The van der Waals surface area contributed by atoms with Crippen LogP contribution in [0.15, 0.2) is 61.7 Å². The summed E-state index contributed by atoms with van der Waals surface area (Å²) in [5.41, 5.74) is 7.69. The third kappa shape index (κ3) is 3.83. The molecule has 0 aliphatic carbocycles. The van der Waals surface area contributed by atoms with E-state index in [-0.39, 0.29) is 0 Å². The lowest BCUT2D eigenvalue weighted by Gasteiger charge is -2.05. The molecule has 0 aromatic heterocycles. The van der Waals surface area contributed by atoms with E-state index in [4.69, 9.17) is 0 Å². The van der Waals surface area contributed by atoms with Crippen LogP contribution in [0, 0.1) is 27.7 Å². The lowest BCUT2D eigenvalue weighted by molar-refractivity contribution is 1.33. The number of hydrogen-bond acceptors (Lipinski definition) is 0. The predicted molar refractivity (Wildman–Crippen MR) is 110 cm³/mol. The molecule has 0 radical (unpaired) electrons. The molecule has 0 N–H and O–H groups in total.